The zero-order chi connectivity index (χ0) is 22.3. The quantitative estimate of drug-likeness (QED) is 0.155. The minimum atomic E-state index is -1.73. The minimum absolute atomic E-state index is 0.359. The molecule has 1 aromatic rings. The van der Waals surface area contributed by atoms with E-state index in [0.29, 0.717) is 5.03 Å². The monoisotopic (exact) mass is 572 g/mol. The van der Waals surface area contributed by atoms with E-state index >= 15 is 0 Å². The fourth-order valence-corrected chi connectivity index (χ4v) is 5.95. The van der Waals surface area contributed by atoms with E-state index in [4.69, 9.17) is 51.1 Å². The summed E-state index contributed by atoms with van der Waals surface area (Å²) >= 11 is 28.1. The van der Waals surface area contributed by atoms with E-state index in [-0.39, 0.29) is 5.91 Å². The molecule has 5 nitrogen and oxygen atoms in total. The second kappa shape index (κ2) is 8.83. The van der Waals surface area contributed by atoms with Crippen LogP contribution in [-0.4, -0.2) is 54.0 Å². The van der Waals surface area contributed by atoms with Crippen molar-refractivity contribution in [2.45, 2.75) is 38.3 Å². The summed E-state index contributed by atoms with van der Waals surface area (Å²) < 4.78 is 1.56. The lowest BCUT2D eigenvalue weighted by Gasteiger charge is -2.47. The SMILES string of the molecule is CC1(C)S[C@H]2N(C(=O)[C@@]2(Br)N=CC(Cl)=Cc2ccccc2)[C@H]1C(=O)OCC(Cl)(Cl)Cl. The predicted molar refractivity (Wildman–Crippen MR) is 128 cm³/mol. The Kier molecular flexibility index (Phi) is 7.13. The third-order valence-corrected chi connectivity index (χ3v) is 7.98. The molecule has 0 N–H and O–H groups in total. The highest BCUT2D eigenvalue weighted by molar-refractivity contribution is 9.10. The Morgan fingerprint density at radius 3 is 2.57 bits per heavy atom. The number of hydrogen-bond donors (Lipinski definition) is 0. The first-order valence-electron chi connectivity index (χ1n) is 8.75. The molecule has 1 amide bonds. The van der Waals surface area contributed by atoms with Crippen LogP contribution >= 0.6 is 74.1 Å². The molecule has 1 aromatic carbocycles. The van der Waals surface area contributed by atoms with Gasteiger partial charge in [0.15, 0.2) is 0 Å². The van der Waals surface area contributed by atoms with Crippen molar-refractivity contribution in [2.75, 3.05) is 6.61 Å². The smallest absolute Gasteiger partial charge is 0.330 e. The highest BCUT2D eigenvalue weighted by atomic mass is 79.9. The van der Waals surface area contributed by atoms with E-state index in [2.05, 4.69) is 20.9 Å². The molecule has 0 saturated carbocycles. The van der Waals surface area contributed by atoms with E-state index in [1.54, 1.807) is 6.08 Å². The second-order valence-corrected chi connectivity index (χ2v) is 13.2. The van der Waals surface area contributed by atoms with Crippen LogP contribution in [0.15, 0.2) is 40.4 Å². The van der Waals surface area contributed by atoms with E-state index in [1.807, 2.05) is 44.2 Å². The van der Waals surface area contributed by atoms with Crippen molar-refractivity contribution >= 4 is 98.3 Å². The zero-order valence-corrected chi connectivity index (χ0v) is 21.2. The van der Waals surface area contributed by atoms with Crippen molar-refractivity contribution in [3.05, 3.63) is 40.9 Å². The molecular formula is C19H17BrCl4N2O3S. The fourth-order valence-electron chi connectivity index (χ4n) is 3.24. The number of fused-ring (bicyclic) bond motifs is 1. The molecule has 2 aliphatic heterocycles. The van der Waals surface area contributed by atoms with Crippen molar-refractivity contribution in [1.82, 2.24) is 4.90 Å². The molecule has 2 aliphatic rings. The van der Waals surface area contributed by atoms with Gasteiger partial charge in [0.05, 0.1) is 5.03 Å². The van der Waals surface area contributed by atoms with Gasteiger partial charge in [-0.15, -0.1) is 11.8 Å². The number of hydrogen-bond acceptors (Lipinski definition) is 5. The number of rotatable bonds is 5. The third-order valence-electron chi connectivity index (χ3n) is 4.55. The van der Waals surface area contributed by atoms with Crippen molar-refractivity contribution in [2.24, 2.45) is 4.99 Å². The molecule has 2 fully saturated rings. The van der Waals surface area contributed by atoms with Crippen LogP contribution in [0.3, 0.4) is 0 Å². The van der Waals surface area contributed by atoms with Gasteiger partial charge >= 0.3 is 5.97 Å². The van der Waals surface area contributed by atoms with E-state index in [9.17, 15) is 9.59 Å². The summed E-state index contributed by atoms with van der Waals surface area (Å²) in [5.41, 5.74) is 0.910. The number of esters is 1. The average Bonchev–Trinajstić information content (AvgIpc) is 2.93. The normalized spacial score (nSPS) is 28.4. The number of halogens is 5. The average molecular weight is 575 g/mol. The van der Waals surface area contributed by atoms with Crippen molar-refractivity contribution in [3.8, 4) is 0 Å². The largest absolute Gasteiger partial charge is 0.460 e. The molecule has 162 valence electrons. The van der Waals surface area contributed by atoms with Crippen molar-refractivity contribution in [1.29, 1.82) is 0 Å². The number of ether oxygens (including phenoxy) is 1. The van der Waals surface area contributed by atoms with Gasteiger partial charge in [0, 0.05) is 11.0 Å². The number of benzene rings is 1. The standard InChI is InChI=1S/C19H17BrCl4N2O3S/c1-17(2)13(14(27)29-10-18(22,23)24)26-15(28)19(20,16(26)30-17)25-9-12(21)8-11-6-4-3-5-7-11/h3-9,13,16H,10H2,1-2H3/t13-,16+,19+/m0/s1. The molecule has 0 aliphatic carbocycles. The van der Waals surface area contributed by atoms with Gasteiger partial charge in [-0.3, -0.25) is 9.79 Å². The van der Waals surface area contributed by atoms with Gasteiger partial charge in [0.2, 0.25) is 8.24 Å². The Morgan fingerprint density at radius 1 is 1.33 bits per heavy atom. The molecule has 11 heteroatoms. The predicted octanol–water partition coefficient (Wildman–Crippen LogP) is 5.40. The van der Waals surface area contributed by atoms with Crippen LogP contribution in [0.25, 0.3) is 6.08 Å². The highest BCUT2D eigenvalue weighted by Crippen LogP contribution is 2.58. The van der Waals surface area contributed by atoms with Crippen molar-refractivity contribution < 1.29 is 14.3 Å². The van der Waals surface area contributed by atoms with Crippen LogP contribution in [0, 0.1) is 0 Å². The molecule has 2 saturated heterocycles. The second-order valence-electron chi connectivity index (χ2n) is 7.28. The molecule has 3 atom stereocenters. The summed E-state index contributed by atoms with van der Waals surface area (Å²) in [5.74, 6) is -0.989. The van der Waals surface area contributed by atoms with Gasteiger partial charge in [-0.05, 0) is 41.4 Å². The number of carbonyl (C=O) groups is 2. The maximum atomic E-state index is 12.9. The van der Waals surface area contributed by atoms with Gasteiger partial charge in [-0.2, -0.15) is 0 Å². The maximum Gasteiger partial charge on any atom is 0.330 e. The summed E-state index contributed by atoms with van der Waals surface area (Å²) in [5, 5.41) is -0.0464. The Balaban J connectivity index is 1.76. The number of carbonyl (C=O) groups excluding carboxylic acids is 2. The third kappa shape index (κ3) is 4.97. The van der Waals surface area contributed by atoms with E-state index < -0.39 is 37.0 Å². The summed E-state index contributed by atoms with van der Waals surface area (Å²) in [6.45, 7) is 3.30. The Morgan fingerprint density at radius 2 is 1.97 bits per heavy atom. The first kappa shape index (κ1) is 24.2. The summed E-state index contributed by atoms with van der Waals surface area (Å²) in [4.78, 5) is 31.4. The van der Waals surface area contributed by atoms with Gasteiger partial charge < -0.3 is 9.64 Å². The lowest BCUT2D eigenvalue weighted by atomic mass is 9.96. The number of thioether (sulfide) groups is 1. The first-order chi connectivity index (χ1) is 13.8. The van der Waals surface area contributed by atoms with Crippen molar-refractivity contribution in [3.63, 3.8) is 0 Å². The Hall–Kier alpha value is -0.440. The van der Waals surface area contributed by atoms with Crippen LogP contribution in [-0.2, 0) is 14.3 Å². The minimum Gasteiger partial charge on any atom is -0.460 e. The lowest BCUT2D eigenvalue weighted by molar-refractivity contribution is -0.163. The molecule has 30 heavy (non-hydrogen) atoms. The number of amides is 1. The lowest BCUT2D eigenvalue weighted by Crippen LogP contribution is -2.70. The van der Waals surface area contributed by atoms with Gasteiger partial charge in [0.1, 0.15) is 18.0 Å². The molecule has 0 aromatic heterocycles. The number of β-lactam (4-membered cyclic amide) rings is 1. The Bertz CT molecular complexity index is 907. The van der Waals surface area contributed by atoms with Crippen LogP contribution in [0.4, 0.5) is 0 Å². The molecular weight excluding hydrogens is 558 g/mol. The molecule has 3 rings (SSSR count). The topological polar surface area (TPSA) is 59.0 Å². The molecule has 0 unspecified atom stereocenters. The van der Waals surface area contributed by atoms with Crippen LogP contribution in [0.5, 0.6) is 0 Å². The van der Waals surface area contributed by atoms with Gasteiger partial charge in [0.25, 0.3) is 5.91 Å². The molecule has 0 radical (unpaired) electrons. The van der Waals surface area contributed by atoms with Crippen LogP contribution in [0.2, 0.25) is 0 Å². The van der Waals surface area contributed by atoms with Gasteiger partial charge in [-0.25, -0.2) is 4.79 Å². The number of nitrogens with zero attached hydrogens (tertiary/aromatic N) is 2. The van der Waals surface area contributed by atoms with Crippen LogP contribution < -0.4 is 0 Å². The number of aliphatic imine (C=N–C) groups is 1. The summed E-state index contributed by atoms with van der Waals surface area (Å²) in [6, 6.07) is 8.67. The molecule has 0 bridgehead atoms. The summed E-state index contributed by atoms with van der Waals surface area (Å²) in [6.07, 6.45) is 3.17. The number of alkyl halides is 4. The zero-order valence-electron chi connectivity index (χ0n) is 15.8. The maximum absolute atomic E-state index is 12.9. The van der Waals surface area contributed by atoms with E-state index in [1.165, 1.54) is 22.9 Å². The molecule has 2 heterocycles. The fraction of sp³-hybridized carbons (Fsp3) is 0.421. The molecule has 0 spiro atoms. The van der Waals surface area contributed by atoms with Gasteiger partial charge in [-0.1, -0.05) is 76.7 Å². The van der Waals surface area contributed by atoms with Crippen LogP contribution in [0.1, 0.15) is 19.4 Å². The first-order valence-corrected chi connectivity index (χ1v) is 11.9. The van der Waals surface area contributed by atoms with E-state index in [0.717, 1.165) is 5.56 Å². The number of allylic oxidation sites excluding steroid dienone is 1. The Labute approximate surface area is 207 Å². The summed E-state index contributed by atoms with van der Waals surface area (Å²) in [7, 11) is 0. The highest BCUT2D eigenvalue weighted by Gasteiger charge is 2.71.